The molecule has 1 fully saturated rings. The molecule has 1 atom stereocenters. The summed E-state index contributed by atoms with van der Waals surface area (Å²) in [5.41, 5.74) is -0.673. The van der Waals surface area contributed by atoms with Crippen molar-refractivity contribution in [2.24, 2.45) is 0 Å². The van der Waals surface area contributed by atoms with Crippen molar-refractivity contribution in [3.8, 4) is 5.75 Å². The van der Waals surface area contributed by atoms with Gasteiger partial charge in [0.2, 0.25) is 0 Å². The van der Waals surface area contributed by atoms with Crippen molar-refractivity contribution in [1.29, 1.82) is 0 Å². The van der Waals surface area contributed by atoms with Gasteiger partial charge in [0.1, 0.15) is 11.2 Å². The quantitative estimate of drug-likeness (QED) is 0.283. The fraction of sp³-hybridized carbons (Fsp3) is 0.432. The molecule has 2 N–H and O–H groups in total. The van der Waals surface area contributed by atoms with E-state index in [1.165, 1.54) is 24.3 Å². The zero-order chi connectivity index (χ0) is 35.9. The lowest BCUT2D eigenvalue weighted by molar-refractivity contribution is -0.120. The average molecular weight is 709 g/mol. The van der Waals surface area contributed by atoms with E-state index < -0.39 is 26.9 Å². The number of halogens is 1. The van der Waals surface area contributed by atoms with E-state index in [1.54, 1.807) is 43.3 Å². The number of sulfonamides is 1. The molecule has 0 saturated heterocycles. The first-order valence-corrected chi connectivity index (χ1v) is 18.4. The molecule has 1 saturated carbocycles. The number of rotatable bonds is 9. The minimum absolute atomic E-state index is 0.0209. The molecule has 5 rings (SSSR count). The lowest BCUT2D eigenvalue weighted by Crippen LogP contribution is -2.43. The fourth-order valence-corrected chi connectivity index (χ4v) is 8.44. The minimum atomic E-state index is -4.47. The van der Waals surface area contributed by atoms with Gasteiger partial charge in [0.25, 0.3) is 27.7 Å². The molecule has 12 heteroatoms. The third-order valence-corrected chi connectivity index (χ3v) is 11.4. The Morgan fingerprint density at radius 1 is 0.939 bits per heavy atom. The Kier molecular flexibility index (Phi) is 10.2. The van der Waals surface area contributed by atoms with Gasteiger partial charge in [-0.1, -0.05) is 11.6 Å². The van der Waals surface area contributed by atoms with Gasteiger partial charge in [0, 0.05) is 39.3 Å². The number of anilines is 1. The summed E-state index contributed by atoms with van der Waals surface area (Å²) in [6, 6.07) is 15.5. The molecule has 3 aromatic rings. The predicted molar refractivity (Wildman–Crippen MR) is 191 cm³/mol. The zero-order valence-corrected chi connectivity index (χ0v) is 30.7. The number of carbonyl (C=O) groups excluding carboxylic acids is 3. The van der Waals surface area contributed by atoms with E-state index in [1.807, 2.05) is 27.7 Å². The molecule has 0 aromatic heterocycles. The van der Waals surface area contributed by atoms with E-state index in [4.69, 9.17) is 16.3 Å². The highest BCUT2D eigenvalue weighted by Crippen LogP contribution is 2.51. The monoisotopic (exact) mass is 708 g/mol. The number of benzene rings is 3. The van der Waals surface area contributed by atoms with E-state index in [0.29, 0.717) is 35.1 Å². The van der Waals surface area contributed by atoms with E-state index in [0.717, 1.165) is 30.0 Å². The summed E-state index contributed by atoms with van der Waals surface area (Å²) < 4.78 is 35.1. The van der Waals surface area contributed by atoms with Crippen LogP contribution in [0.1, 0.15) is 92.1 Å². The van der Waals surface area contributed by atoms with E-state index in [-0.39, 0.29) is 39.0 Å². The standard InChI is InChI=1S/C37H45ClN4O6S/c1-8-48-27-16-20-32-30(22-27)37(5,29-21-24(11-19-31(29)38)33(43)39-25-12-14-26(15-13-25)41(6)7)35(45)42(32)49(46,47)28-17-9-23(10-18-28)34(44)40-36(2,3)4/h9-11,16-22,25-26H,8,12-15H2,1-7H3,(H,39,43)(H,40,44)/t25-,26-,37?. The summed E-state index contributed by atoms with van der Waals surface area (Å²) in [5, 5.41) is 6.20. The Bertz CT molecular complexity index is 1860. The maximum atomic E-state index is 14.6. The first-order chi connectivity index (χ1) is 23.0. The van der Waals surface area contributed by atoms with Gasteiger partial charge in [-0.15, -0.1) is 0 Å². The predicted octanol–water partition coefficient (Wildman–Crippen LogP) is 5.91. The SMILES string of the molecule is CCOc1ccc2c(c1)C(C)(c1cc(C(=O)N[C@H]3CC[C@H](N(C)C)CC3)ccc1Cl)C(=O)N2S(=O)(=O)c1ccc(C(=O)NC(C)(C)C)cc1. The third kappa shape index (κ3) is 7.20. The summed E-state index contributed by atoms with van der Waals surface area (Å²) >= 11 is 6.79. The van der Waals surface area contributed by atoms with Crippen LogP contribution in [-0.2, 0) is 20.2 Å². The van der Waals surface area contributed by atoms with Gasteiger partial charge in [-0.3, -0.25) is 14.4 Å². The van der Waals surface area contributed by atoms with Crippen molar-refractivity contribution >= 4 is 45.0 Å². The number of nitrogens with zero attached hydrogens (tertiary/aromatic N) is 2. The molecule has 1 aliphatic carbocycles. The summed E-state index contributed by atoms with van der Waals surface area (Å²) in [6.07, 6.45) is 3.67. The molecule has 10 nitrogen and oxygen atoms in total. The minimum Gasteiger partial charge on any atom is -0.494 e. The Hall–Kier alpha value is -3.93. The number of nitrogens with one attached hydrogen (secondary N) is 2. The van der Waals surface area contributed by atoms with Crippen LogP contribution in [0.3, 0.4) is 0 Å². The highest BCUT2D eigenvalue weighted by Gasteiger charge is 2.54. The summed E-state index contributed by atoms with van der Waals surface area (Å²) in [6.45, 7) is 9.34. The maximum absolute atomic E-state index is 14.6. The molecule has 0 bridgehead atoms. The number of amides is 3. The van der Waals surface area contributed by atoms with Gasteiger partial charge in [0.05, 0.1) is 17.2 Å². The lowest BCUT2D eigenvalue weighted by atomic mass is 9.76. The Morgan fingerprint density at radius 3 is 2.16 bits per heavy atom. The summed E-state index contributed by atoms with van der Waals surface area (Å²) in [5.74, 6) is -0.947. The molecular weight excluding hydrogens is 664 g/mol. The molecular formula is C37H45ClN4O6S. The summed E-state index contributed by atoms with van der Waals surface area (Å²) in [7, 11) is -0.336. The molecule has 1 unspecified atom stereocenters. The molecule has 3 aromatic carbocycles. The second-order valence-corrected chi connectivity index (χ2v) is 16.4. The normalized spacial score (nSPS) is 21.0. The van der Waals surface area contributed by atoms with Crippen LogP contribution >= 0.6 is 11.6 Å². The summed E-state index contributed by atoms with van der Waals surface area (Å²) in [4.78, 5) is 42.9. The van der Waals surface area contributed by atoms with Crippen LogP contribution < -0.4 is 19.7 Å². The van der Waals surface area contributed by atoms with E-state index in [9.17, 15) is 22.8 Å². The van der Waals surface area contributed by atoms with E-state index >= 15 is 0 Å². The highest BCUT2D eigenvalue weighted by atomic mass is 35.5. The van der Waals surface area contributed by atoms with Crippen LogP contribution in [0.25, 0.3) is 0 Å². The maximum Gasteiger partial charge on any atom is 0.270 e. The molecule has 49 heavy (non-hydrogen) atoms. The molecule has 1 aliphatic heterocycles. The van der Waals surface area contributed by atoms with Gasteiger partial charge in [0.15, 0.2) is 0 Å². The number of hydrogen-bond acceptors (Lipinski definition) is 7. The van der Waals surface area contributed by atoms with Crippen LogP contribution in [0.15, 0.2) is 65.6 Å². The molecule has 3 amide bonds. The van der Waals surface area contributed by atoms with Crippen molar-refractivity contribution in [2.45, 2.75) is 88.2 Å². The van der Waals surface area contributed by atoms with Crippen molar-refractivity contribution in [1.82, 2.24) is 15.5 Å². The van der Waals surface area contributed by atoms with Gasteiger partial charge in [-0.05, 0) is 141 Å². The first-order valence-electron chi connectivity index (χ1n) is 16.5. The molecule has 1 heterocycles. The number of carbonyl (C=O) groups is 3. The lowest BCUT2D eigenvalue weighted by Gasteiger charge is -2.33. The Balaban J connectivity index is 1.52. The number of hydrogen-bond donors (Lipinski definition) is 2. The highest BCUT2D eigenvalue weighted by molar-refractivity contribution is 7.93. The molecule has 0 spiro atoms. The zero-order valence-electron chi connectivity index (χ0n) is 29.1. The van der Waals surface area contributed by atoms with Crippen molar-refractivity contribution in [2.75, 3.05) is 25.0 Å². The van der Waals surface area contributed by atoms with Gasteiger partial charge in [-0.2, -0.15) is 0 Å². The fourth-order valence-electron chi connectivity index (χ4n) is 6.63. The Labute approximate surface area is 294 Å². The second kappa shape index (κ2) is 13.8. The topological polar surface area (TPSA) is 125 Å². The molecule has 2 aliphatic rings. The van der Waals surface area contributed by atoms with Gasteiger partial charge in [-0.25, -0.2) is 12.7 Å². The third-order valence-electron chi connectivity index (χ3n) is 9.32. The van der Waals surface area contributed by atoms with Gasteiger partial charge < -0.3 is 20.3 Å². The van der Waals surface area contributed by atoms with Crippen LogP contribution in [0, 0.1) is 0 Å². The smallest absolute Gasteiger partial charge is 0.270 e. The van der Waals surface area contributed by atoms with Crippen LogP contribution in [-0.4, -0.2) is 69.4 Å². The van der Waals surface area contributed by atoms with Crippen LogP contribution in [0.4, 0.5) is 5.69 Å². The first kappa shape index (κ1) is 36.4. The van der Waals surface area contributed by atoms with Crippen LogP contribution in [0.2, 0.25) is 5.02 Å². The second-order valence-electron chi connectivity index (χ2n) is 14.2. The molecule has 262 valence electrons. The van der Waals surface area contributed by atoms with Crippen molar-refractivity contribution < 1.29 is 27.5 Å². The van der Waals surface area contributed by atoms with Gasteiger partial charge >= 0.3 is 0 Å². The largest absolute Gasteiger partial charge is 0.494 e. The van der Waals surface area contributed by atoms with Crippen molar-refractivity contribution in [3.63, 3.8) is 0 Å². The average Bonchev–Trinajstić information content (AvgIpc) is 3.27. The number of fused-ring (bicyclic) bond motifs is 1. The molecule has 0 radical (unpaired) electrons. The van der Waals surface area contributed by atoms with Crippen molar-refractivity contribution in [3.05, 3.63) is 87.9 Å². The Morgan fingerprint density at radius 2 is 1.57 bits per heavy atom. The van der Waals surface area contributed by atoms with Crippen LogP contribution in [0.5, 0.6) is 5.75 Å². The number of ether oxygens (including phenoxy) is 1. The van der Waals surface area contributed by atoms with E-state index in [2.05, 4.69) is 29.6 Å².